The van der Waals surface area contributed by atoms with Gasteiger partial charge in [-0.15, -0.1) is 0 Å². The molecule has 1 heterocycles. The zero-order valence-corrected chi connectivity index (χ0v) is 19.9. The van der Waals surface area contributed by atoms with Crippen LogP contribution in [0.5, 0.6) is 0 Å². The van der Waals surface area contributed by atoms with Crippen LogP contribution >= 0.6 is 11.6 Å². The van der Waals surface area contributed by atoms with Gasteiger partial charge in [-0.3, -0.25) is 9.59 Å². The van der Waals surface area contributed by atoms with Crippen molar-refractivity contribution in [3.63, 3.8) is 0 Å². The Hall–Kier alpha value is -3.70. The second kappa shape index (κ2) is 9.51. The van der Waals surface area contributed by atoms with E-state index in [0.717, 1.165) is 16.8 Å². The first-order valence-electron chi connectivity index (χ1n) is 11.5. The number of hydrogen-bond acceptors (Lipinski definition) is 3. The number of dihydropyridines is 1. The fraction of sp³-hybridized carbons (Fsp3) is 0.172. The highest BCUT2D eigenvalue weighted by atomic mass is 35.5. The topological polar surface area (TPSA) is 58.2 Å². The van der Waals surface area contributed by atoms with Gasteiger partial charge in [0.15, 0.2) is 5.78 Å². The van der Waals surface area contributed by atoms with Crippen LogP contribution in [-0.4, -0.2) is 11.7 Å². The van der Waals surface area contributed by atoms with Gasteiger partial charge in [-0.2, -0.15) is 0 Å². The molecule has 0 spiro atoms. The number of Topliss-reactive ketones (excluding diaryl/α,β-unsaturated/α-hetero) is 1. The van der Waals surface area contributed by atoms with Gasteiger partial charge < -0.3 is 10.6 Å². The van der Waals surface area contributed by atoms with Crippen LogP contribution in [0.15, 0.2) is 101 Å². The number of carbonyl (C=O) groups is 2. The molecular formula is C29H24ClFN2O2. The maximum atomic E-state index is 14.3. The quantitative estimate of drug-likeness (QED) is 0.443. The molecule has 5 rings (SSSR count). The molecule has 0 aromatic heterocycles. The minimum atomic E-state index is -0.584. The van der Waals surface area contributed by atoms with Gasteiger partial charge in [-0.1, -0.05) is 66.2 Å². The van der Waals surface area contributed by atoms with Gasteiger partial charge in [0.05, 0.1) is 5.69 Å². The van der Waals surface area contributed by atoms with Crippen LogP contribution in [0.4, 0.5) is 10.1 Å². The Labute approximate surface area is 208 Å². The van der Waals surface area contributed by atoms with Gasteiger partial charge in [-0.25, -0.2) is 4.39 Å². The first-order chi connectivity index (χ1) is 16.9. The molecule has 2 aliphatic rings. The van der Waals surface area contributed by atoms with E-state index in [0.29, 0.717) is 34.7 Å². The van der Waals surface area contributed by atoms with Crippen LogP contribution in [0, 0.1) is 5.82 Å². The first-order valence-corrected chi connectivity index (χ1v) is 11.9. The van der Waals surface area contributed by atoms with E-state index in [-0.39, 0.29) is 17.4 Å². The van der Waals surface area contributed by atoms with E-state index >= 15 is 0 Å². The Bertz CT molecular complexity index is 1360. The molecule has 1 amide bonds. The SMILES string of the molecule is CC1=C(C(=O)Nc2ccccc2F)[C@H](c2ccc(Cl)cc2)C2=C(C[C@H](c3ccccc3)CC2=O)N1. The molecule has 2 N–H and O–H groups in total. The van der Waals surface area contributed by atoms with Gasteiger partial charge >= 0.3 is 0 Å². The molecule has 3 aromatic carbocycles. The van der Waals surface area contributed by atoms with Gasteiger partial charge in [0, 0.05) is 39.9 Å². The number of allylic oxidation sites excluding steroid dienone is 3. The number of benzene rings is 3. The number of hydrogen-bond donors (Lipinski definition) is 2. The Morgan fingerprint density at radius 1 is 0.943 bits per heavy atom. The lowest BCUT2D eigenvalue weighted by Gasteiger charge is -2.37. The molecule has 0 bridgehead atoms. The Morgan fingerprint density at radius 2 is 1.63 bits per heavy atom. The highest BCUT2D eigenvalue weighted by molar-refractivity contribution is 6.30. The zero-order valence-electron chi connectivity index (χ0n) is 19.1. The molecule has 3 aromatic rings. The molecule has 176 valence electrons. The zero-order chi connectivity index (χ0) is 24.5. The maximum Gasteiger partial charge on any atom is 0.254 e. The number of halogens is 2. The van der Waals surface area contributed by atoms with E-state index in [1.807, 2.05) is 49.4 Å². The number of ketones is 1. The number of nitrogens with one attached hydrogen (secondary N) is 2. The summed E-state index contributed by atoms with van der Waals surface area (Å²) < 4.78 is 14.3. The van der Waals surface area contributed by atoms with Crippen LogP contribution < -0.4 is 10.6 Å². The molecule has 0 fully saturated rings. The summed E-state index contributed by atoms with van der Waals surface area (Å²) in [5.74, 6) is -1.51. The highest BCUT2D eigenvalue weighted by Gasteiger charge is 2.41. The van der Waals surface area contributed by atoms with E-state index in [4.69, 9.17) is 11.6 Å². The summed E-state index contributed by atoms with van der Waals surface area (Å²) in [6, 6.07) is 23.2. The number of carbonyl (C=O) groups excluding carboxylic acids is 2. The molecular weight excluding hydrogens is 463 g/mol. The fourth-order valence-corrected chi connectivity index (χ4v) is 5.17. The van der Waals surface area contributed by atoms with Crippen molar-refractivity contribution in [2.45, 2.75) is 31.6 Å². The lowest BCUT2D eigenvalue weighted by molar-refractivity contribution is -0.116. The second-order valence-electron chi connectivity index (χ2n) is 8.91. The minimum Gasteiger partial charge on any atom is -0.362 e. The van der Waals surface area contributed by atoms with E-state index in [1.54, 1.807) is 24.3 Å². The fourth-order valence-electron chi connectivity index (χ4n) is 5.04. The van der Waals surface area contributed by atoms with Crippen LogP contribution in [0.2, 0.25) is 5.02 Å². The molecule has 35 heavy (non-hydrogen) atoms. The van der Waals surface area contributed by atoms with E-state index in [1.165, 1.54) is 12.1 Å². The number of amides is 1. The lowest BCUT2D eigenvalue weighted by atomic mass is 9.71. The summed E-state index contributed by atoms with van der Waals surface area (Å²) >= 11 is 6.13. The molecule has 1 aliphatic carbocycles. The third kappa shape index (κ3) is 4.52. The number of rotatable bonds is 4. The maximum absolute atomic E-state index is 14.3. The molecule has 0 unspecified atom stereocenters. The van der Waals surface area contributed by atoms with Crippen LogP contribution in [0.3, 0.4) is 0 Å². The molecule has 0 saturated heterocycles. The summed E-state index contributed by atoms with van der Waals surface area (Å²) in [5, 5.41) is 6.61. The van der Waals surface area contributed by atoms with Gasteiger partial charge in [0.2, 0.25) is 0 Å². The van der Waals surface area contributed by atoms with Crippen molar-refractivity contribution >= 4 is 29.0 Å². The van der Waals surface area contributed by atoms with Crippen LogP contribution in [0.1, 0.15) is 42.7 Å². The van der Waals surface area contributed by atoms with Crippen molar-refractivity contribution in [3.8, 4) is 0 Å². The minimum absolute atomic E-state index is 0.00348. The molecule has 2 atom stereocenters. The third-order valence-electron chi connectivity index (χ3n) is 6.67. The highest BCUT2D eigenvalue weighted by Crippen LogP contribution is 2.45. The molecule has 6 heteroatoms. The second-order valence-corrected chi connectivity index (χ2v) is 9.35. The van der Waals surface area contributed by atoms with Crippen molar-refractivity contribution in [2.75, 3.05) is 5.32 Å². The average molecular weight is 487 g/mol. The number of anilines is 1. The van der Waals surface area contributed by atoms with Crippen molar-refractivity contribution in [2.24, 2.45) is 0 Å². The van der Waals surface area contributed by atoms with Gasteiger partial charge in [0.25, 0.3) is 5.91 Å². The molecule has 0 saturated carbocycles. The van der Waals surface area contributed by atoms with E-state index in [2.05, 4.69) is 10.6 Å². The predicted octanol–water partition coefficient (Wildman–Crippen LogP) is 6.48. The Kier molecular flexibility index (Phi) is 6.27. The van der Waals surface area contributed by atoms with Gasteiger partial charge in [0.1, 0.15) is 5.82 Å². The molecule has 4 nitrogen and oxygen atoms in total. The van der Waals surface area contributed by atoms with Crippen LogP contribution in [-0.2, 0) is 9.59 Å². The molecule has 1 aliphatic heterocycles. The standard InChI is InChI=1S/C29H24ClFN2O2/c1-17-26(29(35)33-23-10-6-5-9-22(23)31)27(19-11-13-21(30)14-12-19)28-24(32-17)15-20(16-25(28)34)18-7-3-2-4-8-18/h2-14,20,27,32H,15-16H2,1H3,(H,33,35)/t20-,27-/m0/s1. The summed E-state index contributed by atoms with van der Waals surface area (Å²) in [6.45, 7) is 1.82. The first kappa shape index (κ1) is 23.1. The van der Waals surface area contributed by atoms with Gasteiger partial charge in [-0.05, 0) is 54.7 Å². The molecule has 0 radical (unpaired) electrons. The normalized spacial score (nSPS) is 19.8. The third-order valence-corrected chi connectivity index (χ3v) is 6.92. The Balaban J connectivity index is 1.57. The monoisotopic (exact) mass is 486 g/mol. The number of para-hydroxylation sites is 1. The lowest BCUT2D eigenvalue weighted by Crippen LogP contribution is -2.37. The van der Waals surface area contributed by atoms with Crippen molar-refractivity contribution in [3.05, 3.63) is 123 Å². The summed E-state index contributed by atoms with van der Waals surface area (Å²) in [5.41, 5.74) is 4.43. The Morgan fingerprint density at radius 3 is 2.34 bits per heavy atom. The smallest absolute Gasteiger partial charge is 0.254 e. The van der Waals surface area contributed by atoms with Crippen molar-refractivity contribution < 1.29 is 14.0 Å². The van der Waals surface area contributed by atoms with Crippen LogP contribution in [0.25, 0.3) is 0 Å². The predicted molar refractivity (Wildman–Crippen MR) is 136 cm³/mol. The summed E-state index contributed by atoms with van der Waals surface area (Å²) in [7, 11) is 0. The van der Waals surface area contributed by atoms with Crippen molar-refractivity contribution in [1.82, 2.24) is 5.32 Å². The summed E-state index contributed by atoms with van der Waals surface area (Å²) in [6.07, 6.45) is 1.02. The van der Waals surface area contributed by atoms with E-state index in [9.17, 15) is 14.0 Å². The van der Waals surface area contributed by atoms with Crippen molar-refractivity contribution in [1.29, 1.82) is 0 Å². The largest absolute Gasteiger partial charge is 0.362 e. The van der Waals surface area contributed by atoms with E-state index < -0.39 is 17.6 Å². The average Bonchev–Trinajstić information content (AvgIpc) is 2.85. The summed E-state index contributed by atoms with van der Waals surface area (Å²) in [4.78, 5) is 27.1.